The summed E-state index contributed by atoms with van der Waals surface area (Å²) in [6, 6.07) is 0. The van der Waals surface area contributed by atoms with E-state index in [0.717, 1.165) is 25.7 Å². The number of allylic oxidation sites excluding steroid dienone is 2. The highest BCUT2D eigenvalue weighted by molar-refractivity contribution is 7.45. The Kier molecular flexibility index (Phi) is 27.3. The van der Waals surface area contributed by atoms with Crippen molar-refractivity contribution in [2.45, 2.75) is 142 Å². The van der Waals surface area contributed by atoms with Crippen LogP contribution in [0.5, 0.6) is 0 Å². The minimum Gasteiger partial charge on any atom is -0.756 e. The molecule has 0 aliphatic rings. The molecule has 0 fully saturated rings. The van der Waals surface area contributed by atoms with Crippen LogP contribution in [-0.4, -0.2) is 70.7 Å². The highest BCUT2D eigenvalue weighted by Gasteiger charge is 2.20. The number of phosphoric acid groups is 1. The Morgan fingerprint density at radius 1 is 0.714 bits per heavy atom. The van der Waals surface area contributed by atoms with Crippen LogP contribution in [0.15, 0.2) is 12.2 Å². The van der Waals surface area contributed by atoms with Crippen molar-refractivity contribution >= 4 is 13.8 Å². The van der Waals surface area contributed by atoms with Crippen molar-refractivity contribution in [3.63, 3.8) is 0 Å². The minimum absolute atomic E-state index is 0.0262. The maximum atomic E-state index is 12.1. The SMILES string of the molecule is CCCCCCCC/C=C\CCCCCCCCCCOCC(COP(=O)([O-])OCC[N+](C)(C)C)OC(=O)CCCC. The number of rotatable bonds is 31. The molecular weight excluding hydrogens is 553 g/mol. The van der Waals surface area contributed by atoms with E-state index in [2.05, 4.69) is 19.1 Å². The van der Waals surface area contributed by atoms with Crippen molar-refractivity contribution in [2.75, 3.05) is 54.1 Å². The molecule has 0 N–H and O–H groups in total. The van der Waals surface area contributed by atoms with Gasteiger partial charge in [0.25, 0.3) is 7.82 Å². The second-order valence-corrected chi connectivity index (χ2v) is 13.9. The van der Waals surface area contributed by atoms with E-state index in [4.69, 9.17) is 18.5 Å². The van der Waals surface area contributed by atoms with Gasteiger partial charge < -0.3 is 27.9 Å². The molecule has 0 aromatic rings. The van der Waals surface area contributed by atoms with Crippen LogP contribution in [0.25, 0.3) is 0 Å². The number of phosphoric ester groups is 1. The average molecular weight is 620 g/mol. The number of carbonyl (C=O) groups is 1. The van der Waals surface area contributed by atoms with Crippen LogP contribution in [0.4, 0.5) is 0 Å². The number of carbonyl (C=O) groups excluding carboxylic acids is 1. The molecule has 0 bridgehead atoms. The molecule has 2 atom stereocenters. The molecule has 9 heteroatoms. The second kappa shape index (κ2) is 27.8. The van der Waals surface area contributed by atoms with Gasteiger partial charge in [-0.2, -0.15) is 0 Å². The standard InChI is InChI=1S/C33H66NO7P/c1-6-8-10-11-12-13-14-15-16-17-18-19-20-21-22-23-24-25-28-38-30-32(41-33(35)26-9-7-2)31-40-42(36,37)39-29-27-34(3,4)5/h15-16,32H,6-14,17-31H2,1-5H3/b16-15-. The molecule has 0 spiro atoms. The number of quaternary nitrogens is 1. The molecule has 0 aromatic heterocycles. The van der Waals surface area contributed by atoms with Crippen LogP contribution in [0.3, 0.4) is 0 Å². The van der Waals surface area contributed by atoms with E-state index in [9.17, 15) is 14.3 Å². The zero-order valence-corrected chi connectivity index (χ0v) is 28.8. The molecule has 2 unspecified atom stereocenters. The summed E-state index contributed by atoms with van der Waals surface area (Å²) in [4.78, 5) is 24.2. The van der Waals surface area contributed by atoms with Gasteiger partial charge in [0.2, 0.25) is 0 Å². The first kappa shape index (κ1) is 41.2. The lowest BCUT2D eigenvalue weighted by atomic mass is 10.1. The number of hydrogen-bond acceptors (Lipinski definition) is 7. The third-order valence-corrected chi connectivity index (χ3v) is 8.03. The summed E-state index contributed by atoms with van der Waals surface area (Å²) in [5, 5.41) is 0. The fourth-order valence-corrected chi connectivity index (χ4v) is 5.07. The number of ether oxygens (including phenoxy) is 2. The molecule has 0 saturated heterocycles. The van der Waals surface area contributed by atoms with Gasteiger partial charge in [0, 0.05) is 13.0 Å². The quantitative estimate of drug-likeness (QED) is 0.0254. The van der Waals surface area contributed by atoms with E-state index >= 15 is 0 Å². The van der Waals surface area contributed by atoms with Crippen LogP contribution in [0, 0.1) is 0 Å². The number of nitrogens with zero attached hydrogens (tertiary/aromatic N) is 1. The highest BCUT2D eigenvalue weighted by atomic mass is 31.2. The van der Waals surface area contributed by atoms with Crippen LogP contribution in [-0.2, 0) is 27.9 Å². The smallest absolute Gasteiger partial charge is 0.306 e. The van der Waals surface area contributed by atoms with Gasteiger partial charge in [0.05, 0.1) is 34.4 Å². The van der Waals surface area contributed by atoms with Crippen molar-refractivity contribution in [3.05, 3.63) is 12.2 Å². The van der Waals surface area contributed by atoms with Gasteiger partial charge in [-0.05, 0) is 38.5 Å². The Labute approximate surface area is 259 Å². The fourth-order valence-electron chi connectivity index (χ4n) is 4.34. The zero-order valence-electron chi connectivity index (χ0n) is 28.0. The summed E-state index contributed by atoms with van der Waals surface area (Å²) in [5.74, 6) is -0.370. The van der Waals surface area contributed by atoms with E-state index in [0.29, 0.717) is 17.6 Å². The lowest BCUT2D eigenvalue weighted by Crippen LogP contribution is -2.37. The van der Waals surface area contributed by atoms with Crippen molar-refractivity contribution in [3.8, 4) is 0 Å². The molecule has 0 rings (SSSR count). The molecule has 0 aliphatic carbocycles. The topological polar surface area (TPSA) is 94.1 Å². The largest absolute Gasteiger partial charge is 0.756 e. The molecule has 0 radical (unpaired) electrons. The van der Waals surface area contributed by atoms with Crippen molar-refractivity contribution in [2.24, 2.45) is 0 Å². The molecule has 8 nitrogen and oxygen atoms in total. The van der Waals surface area contributed by atoms with Crippen molar-refractivity contribution in [1.29, 1.82) is 0 Å². The monoisotopic (exact) mass is 619 g/mol. The minimum atomic E-state index is -4.49. The molecule has 0 saturated carbocycles. The normalized spacial score (nSPS) is 14.3. The molecule has 250 valence electrons. The van der Waals surface area contributed by atoms with Gasteiger partial charge in [0.15, 0.2) is 0 Å². The van der Waals surface area contributed by atoms with Gasteiger partial charge in [-0.3, -0.25) is 9.36 Å². The average Bonchev–Trinajstić information content (AvgIpc) is 2.92. The summed E-state index contributed by atoms with van der Waals surface area (Å²) in [5.41, 5.74) is 0. The summed E-state index contributed by atoms with van der Waals surface area (Å²) < 4.78 is 33.8. The molecule has 42 heavy (non-hydrogen) atoms. The third-order valence-electron chi connectivity index (χ3n) is 7.07. The van der Waals surface area contributed by atoms with E-state index in [1.54, 1.807) is 0 Å². The molecule has 0 aliphatic heterocycles. The van der Waals surface area contributed by atoms with Crippen LogP contribution in [0.1, 0.15) is 136 Å². The zero-order chi connectivity index (χ0) is 31.4. The lowest BCUT2D eigenvalue weighted by molar-refractivity contribution is -0.870. The Balaban J connectivity index is 3.94. The predicted octanol–water partition coefficient (Wildman–Crippen LogP) is 8.13. The fraction of sp³-hybridized carbons (Fsp3) is 0.909. The summed E-state index contributed by atoms with van der Waals surface area (Å²) in [6.45, 7) is 5.14. The van der Waals surface area contributed by atoms with Gasteiger partial charge in [-0.25, -0.2) is 0 Å². The first-order valence-corrected chi connectivity index (χ1v) is 18.4. The van der Waals surface area contributed by atoms with Crippen LogP contribution < -0.4 is 4.89 Å². The Morgan fingerprint density at radius 3 is 1.79 bits per heavy atom. The molecule has 0 amide bonds. The Hall–Kier alpha value is -0.760. The number of unbranched alkanes of at least 4 members (excludes halogenated alkanes) is 15. The number of esters is 1. The van der Waals surface area contributed by atoms with Gasteiger partial charge in [-0.15, -0.1) is 0 Å². The molecular formula is C33H66NO7P. The van der Waals surface area contributed by atoms with Crippen molar-refractivity contribution in [1.82, 2.24) is 0 Å². The maximum Gasteiger partial charge on any atom is 0.306 e. The second-order valence-electron chi connectivity index (χ2n) is 12.5. The highest BCUT2D eigenvalue weighted by Crippen LogP contribution is 2.38. The van der Waals surface area contributed by atoms with E-state index in [-0.39, 0.29) is 32.2 Å². The lowest BCUT2D eigenvalue weighted by Gasteiger charge is -2.28. The Morgan fingerprint density at radius 2 is 1.24 bits per heavy atom. The summed E-state index contributed by atoms with van der Waals surface area (Å²) in [6.07, 6.45) is 26.1. The third kappa shape index (κ3) is 30.7. The number of hydrogen-bond donors (Lipinski definition) is 0. The Bertz CT molecular complexity index is 696. The van der Waals surface area contributed by atoms with Gasteiger partial charge in [-0.1, -0.05) is 103 Å². The molecule has 0 heterocycles. The van der Waals surface area contributed by atoms with E-state index < -0.39 is 13.9 Å². The van der Waals surface area contributed by atoms with Crippen molar-refractivity contribution < 1.29 is 37.3 Å². The van der Waals surface area contributed by atoms with Gasteiger partial charge in [0.1, 0.15) is 19.3 Å². The van der Waals surface area contributed by atoms with Gasteiger partial charge >= 0.3 is 5.97 Å². The summed E-state index contributed by atoms with van der Waals surface area (Å²) >= 11 is 0. The van der Waals surface area contributed by atoms with E-state index in [1.165, 1.54) is 89.9 Å². The molecule has 0 aromatic carbocycles. The van der Waals surface area contributed by atoms with Crippen LogP contribution in [0.2, 0.25) is 0 Å². The van der Waals surface area contributed by atoms with E-state index in [1.807, 2.05) is 28.1 Å². The predicted molar refractivity (Wildman–Crippen MR) is 171 cm³/mol. The summed E-state index contributed by atoms with van der Waals surface area (Å²) in [7, 11) is 1.35. The first-order chi connectivity index (χ1) is 20.1. The first-order valence-electron chi connectivity index (χ1n) is 16.9. The maximum absolute atomic E-state index is 12.1. The number of likely N-dealkylation sites (N-methyl/N-ethyl adjacent to an activating group) is 1. The van der Waals surface area contributed by atoms with Crippen LogP contribution >= 0.6 is 7.82 Å².